The van der Waals surface area contributed by atoms with E-state index in [2.05, 4.69) is 22.6 Å². The van der Waals surface area contributed by atoms with Crippen LogP contribution in [0.4, 0.5) is 0 Å². The zero-order chi connectivity index (χ0) is 9.84. The van der Waals surface area contributed by atoms with Gasteiger partial charge < -0.3 is 9.47 Å². The molecule has 0 radical (unpaired) electrons. The third-order valence-electron chi connectivity index (χ3n) is 1.94. The Kier molecular flexibility index (Phi) is 3.84. The molecule has 0 saturated carbocycles. The topological polar surface area (TPSA) is 18.5 Å². The number of aryl methyl sites for hydroxylation is 1. The van der Waals surface area contributed by atoms with Crippen molar-refractivity contribution in [3.8, 4) is 11.5 Å². The Balaban J connectivity index is 3.18. The summed E-state index contributed by atoms with van der Waals surface area (Å²) in [6, 6.07) is 4.04. The molecule has 0 fully saturated rings. The summed E-state index contributed by atoms with van der Waals surface area (Å²) >= 11 is 2.31. The van der Waals surface area contributed by atoms with Gasteiger partial charge in [0.1, 0.15) is 11.5 Å². The Morgan fingerprint density at radius 1 is 1.15 bits per heavy atom. The second-order valence-corrected chi connectivity index (χ2v) is 3.53. The number of hydrogen-bond donors (Lipinski definition) is 0. The first kappa shape index (κ1) is 10.6. The highest BCUT2D eigenvalue weighted by molar-refractivity contribution is 14.1. The van der Waals surface area contributed by atoms with Crippen LogP contribution in [0.5, 0.6) is 11.5 Å². The van der Waals surface area contributed by atoms with Crippen LogP contribution in [-0.4, -0.2) is 14.2 Å². The van der Waals surface area contributed by atoms with Gasteiger partial charge in [-0.2, -0.15) is 0 Å². The zero-order valence-electron chi connectivity index (χ0n) is 8.06. The van der Waals surface area contributed by atoms with E-state index in [9.17, 15) is 0 Å². The quantitative estimate of drug-likeness (QED) is 0.630. The van der Waals surface area contributed by atoms with Gasteiger partial charge in [0.15, 0.2) is 0 Å². The van der Waals surface area contributed by atoms with Gasteiger partial charge in [-0.1, -0.05) is 22.6 Å². The normalized spacial score (nSPS) is 9.85. The van der Waals surface area contributed by atoms with Gasteiger partial charge >= 0.3 is 0 Å². The Hall–Kier alpha value is -0.450. The molecule has 0 unspecified atom stereocenters. The van der Waals surface area contributed by atoms with Gasteiger partial charge in [0, 0.05) is 9.99 Å². The number of rotatable bonds is 3. The molecule has 0 heterocycles. The molecule has 0 aliphatic rings. The summed E-state index contributed by atoms with van der Waals surface area (Å²) in [5, 5.41) is 0. The minimum Gasteiger partial charge on any atom is -0.496 e. The number of methoxy groups -OCH3 is 2. The summed E-state index contributed by atoms with van der Waals surface area (Å²) in [7, 11) is 3.38. The van der Waals surface area contributed by atoms with Crippen LogP contribution in [0.2, 0.25) is 0 Å². The van der Waals surface area contributed by atoms with Crippen molar-refractivity contribution in [2.45, 2.75) is 11.4 Å². The van der Waals surface area contributed by atoms with E-state index in [1.807, 2.05) is 19.1 Å². The zero-order valence-corrected chi connectivity index (χ0v) is 10.2. The van der Waals surface area contributed by atoms with Crippen molar-refractivity contribution in [2.24, 2.45) is 0 Å². The molecule has 1 rings (SSSR count). The fourth-order valence-electron chi connectivity index (χ4n) is 1.22. The van der Waals surface area contributed by atoms with E-state index < -0.39 is 0 Å². The lowest BCUT2D eigenvalue weighted by Crippen LogP contribution is -1.94. The highest BCUT2D eigenvalue weighted by Crippen LogP contribution is 2.29. The molecule has 13 heavy (non-hydrogen) atoms. The van der Waals surface area contributed by atoms with Gasteiger partial charge in [0.2, 0.25) is 0 Å². The average molecular weight is 292 g/mol. The summed E-state index contributed by atoms with van der Waals surface area (Å²) in [5.41, 5.74) is 2.28. The molecule has 0 atom stereocenters. The molecule has 2 nitrogen and oxygen atoms in total. The molecule has 0 saturated heterocycles. The van der Waals surface area contributed by atoms with Crippen molar-refractivity contribution in [3.05, 3.63) is 23.3 Å². The monoisotopic (exact) mass is 292 g/mol. The molecule has 0 amide bonds. The summed E-state index contributed by atoms with van der Waals surface area (Å²) < 4.78 is 11.4. The highest BCUT2D eigenvalue weighted by Gasteiger charge is 2.06. The molecule has 0 N–H and O–H groups in total. The van der Waals surface area contributed by atoms with Crippen LogP contribution in [0.1, 0.15) is 11.1 Å². The standard InChI is InChI=1S/C10H13IO2/c1-7-4-10(13-3)8(6-11)5-9(7)12-2/h4-5H,6H2,1-3H3. The Morgan fingerprint density at radius 3 is 2.23 bits per heavy atom. The minimum atomic E-state index is 0.924. The van der Waals surface area contributed by atoms with Gasteiger partial charge in [-0.25, -0.2) is 0 Å². The molecule has 0 spiro atoms. The molecular formula is C10H13IO2. The number of hydrogen-bond acceptors (Lipinski definition) is 2. The molecular weight excluding hydrogens is 279 g/mol. The number of ether oxygens (including phenoxy) is 2. The van der Waals surface area contributed by atoms with Gasteiger partial charge in [0.25, 0.3) is 0 Å². The van der Waals surface area contributed by atoms with Crippen molar-refractivity contribution in [3.63, 3.8) is 0 Å². The van der Waals surface area contributed by atoms with Gasteiger partial charge in [0.05, 0.1) is 14.2 Å². The minimum absolute atomic E-state index is 0.924. The highest BCUT2D eigenvalue weighted by atomic mass is 127. The third kappa shape index (κ3) is 2.27. The fourth-order valence-corrected chi connectivity index (χ4v) is 1.81. The number of alkyl halides is 1. The predicted octanol–water partition coefficient (Wildman–Crippen LogP) is 2.95. The lowest BCUT2D eigenvalue weighted by molar-refractivity contribution is 0.398. The van der Waals surface area contributed by atoms with Crippen LogP contribution in [0.25, 0.3) is 0 Å². The molecule has 0 aliphatic carbocycles. The Morgan fingerprint density at radius 2 is 1.77 bits per heavy atom. The van der Waals surface area contributed by atoms with Crippen molar-refractivity contribution in [1.29, 1.82) is 0 Å². The van der Waals surface area contributed by atoms with E-state index in [0.29, 0.717) is 0 Å². The van der Waals surface area contributed by atoms with Crippen LogP contribution in [0.15, 0.2) is 12.1 Å². The second kappa shape index (κ2) is 4.69. The Labute approximate surface area is 92.4 Å². The van der Waals surface area contributed by atoms with Crippen molar-refractivity contribution in [2.75, 3.05) is 14.2 Å². The van der Waals surface area contributed by atoms with Gasteiger partial charge in [-0.05, 0) is 24.6 Å². The Bertz CT molecular complexity index is 297. The van der Waals surface area contributed by atoms with E-state index in [-0.39, 0.29) is 0 Å². The van der Waals surface area contributed by atoms with Gasteiger partial charge in [-0.15, -0.1) is 0 Å². The summed E-state index contributed by atoms with van der Waals surface area (Å²) in [5.74, 6) is 1.86. The maximum absolute atomic E-state index is 5.26. The van der Waals surface area contributed by atoms with Crippen LogP contribution < -0.4 is 9.47 Å². The molecule has 1 aromatic carbocycles. The largest absolute Gasteiger partial charge is 0.496 e. The van der Waals surface area contributed by atoms with Crippen LogP contribution in [0.3, 0.4) is 0 Å². The van der Waals surface area contributed by atoms with Crippen LogP contribution in [0, 0.1) is 6.92 Å². The number of halogens is 1. The van der Waals surface area contributed by atoms with Crippen LogP contribution in [-0.2, 0) is 4.43 Å². The first-order valence-electron chi connectivity index (χ1n) is 4.00. The van der Waals surface area contributed by atoms with Gasteiger partial charge in [-0.3, -0.25) is 0 Å². The summed E-state index contributed by atoms with van der Waals surface area (Å²) in [6.45, 7) is 2.01. The van der Waals surface area contributed by atoms with Crippen molar-refractivity contribution >= 4 is 22.6 Å². The maximum atomic E-state index is 5.26. The van der Waals surface area contributed by atoms with Crippen molar-refractivity contribution in [1.82, 2.24) is 0 Å². The lowest BCUT2D eigenvalue weighted by atomic mass is 10.1. The van der Waals surface area contributed by atoms with E-state index in [1.54, 1.807) is 14.2 Å². The SMILES string of the molecule is COc1cc(CI)c(OC)cc1C. The number of benzene rings is 1. The first-order valence-corrected chi connectivity index (χ1v) is 5.53. The average Bonchev–Trinajstić information content (AvgIpc) is 2.17. The molecule has 0 aromatic heterocycles. The molecule has 1 aromatic rings. The summed E-state index contributed by atoms with van der Waals surface area (Å²) in [6.07, 6.45) is 0. The summed E-state index contributed by atoms with van der Waals surface area (Å²) in [4.78, 5) is 0. The predicted molar refractivity (Wildman–Crippen MR) is 62.0 cm³/mol. The van der Waals surface area contributed by atoms with E-state index in [4.69, 9.17) is 9.47 Å². The molecule has 0 bridgehead atoms. The van der Waals surface area contributed by atoms with E-state index in [1.165, 1.54) is 5.56 Å². The van der Waals surface area contributed by atoms with E-state index in [0.717, 1.165) is 21.5 Å². The molecule has 0 aliphatic heterocycles. The van der Waals surface area contributed by atoms with Crippen LogP contribution >= 0.6 is 22.6 Å². The second-order valence-electron chi connectivity index (χ2n) is 2.77. The smallest absolute Gasteiger partial charge is 0.123 e. The first-order chi connectivity index (χ1) is 6.22. The van der Waals surface area contributed by atoms with Crippen molar-refractivity contribution < 1.29 is 9.47 Å². The lowest BCUT2D eigenvalue weighted by Gasteiger charge is -2.10. The molecule has 3 heteroatoms. The maximum Gasteiger partial charge on any atom is 0.123 e. The third-order valence-corrected chi connectivity index (χ3v) is 2.76. The van der Waals surface area contributed by atoms with E-state index >= 15 is 0 Å². The molecule has 72 valence electrons. The fraction of sp³-hybridized carbons (Fsp3) is 0.400.